The number of methoxy groups -OCH3 is 1. The molecule has 0 spiro atoms. The number of alkyl halides is 3. The van der Waals surface area contributed by atoms with E-state index in [9.17, 15) is 27.9 Å². The van der Waals surface area contributed by atoms with Crippen LogP contribution in [0, 0.1) is 11.8 Å². The number of benzene rings is 1. The molecule has 7 nitrogen and oxygen atoms in total. The predicted molar refractivity (Wildman–Crippen MR) is 180 cm³/mol. The monoisotopic (exact) mass is 671 g/mol. The highest BCUT2D eigenvalue weighted by atomic mass is 19.4. The van der Waals surface area contributed by atoms with Crippen molar-refractivity contribution < 1.29 is 42.1 Å². The van der Waals surface area contributed by atoms with Crippen LogP contribution >= 0.6 is 0 Å². The van der Waals surface area contributed by atoms with Gasteiger partial charge in [-0.1, -0.05) is 104 Å². The maximum Gasteiger partial charge on any atom is 0.430 e. The van der Waals surface area contributed by atoms with E-state index < -0.39 is 42.0 Å². The van der Waals surface area contributed by atoms with Gasteiger partial charge in [-0.15, -0.1) is 0 Å². The fourth-order valence-electron chi connectivity index (χ4n) is 6.03. The van der Waals surface area contributed by atoms with Crippen LogP contribution in [0.1, 0.15) is 59.4 Å². The number of nitrogens with one attached hydrogen (secondary N) is 1. The summed E-state index contributed by atoms with van der Waals surface area (Å²) in [5.74, 6) is -1.84. The molecule has 0 radical (unpaired) electrons. The number of aliphatic hydroxyl groups is 1. The molecule has 1 aromatic carbocycles. The van der Waals surface area contributed by atoms with Crippen molar-refractivity contribution in [2.24, 2.45) is 11.8 Å². The molecule has 262 valence electrons. The minimum atomic E-state index is -5.08. The number of halogens is 3. The van der Waals surface area contributed by atoms with E-state index >= 15 is 0 Å². The lowest BCUT2D eigenvalue weighted by molar-refractivity contribution is -0.266. The van der Waals surface area contributed by atoms with Gasteiger partial charge in [-0.25, -0.2) is 4.79 Å². The predicted octanol–water partition coefficient (Wildman–Crippen LogP) is 7.21. The van der Waals surface area contributed by atoms with Gasteiger partial charge in [-0.3, -0.25) is 4.79 Å². The maximum atomic E-state index is 14.7. The Morgan fingerprint density at radius 2 is 1.90 bits per heavy atom. The summed E-state index contributed by atoms with van der Waals surface area (Å²) in [5, 5.41) is 13.4. The number of allylic oxidation sites excluding steroid dienone is 7. The van der Waals surface area contributed by atoms with Crippen LogP contribution < -0.4 is 5.32 Å². The van der Waals surface area contributed by atoms with Gasteiger partial charge < -0.3 is 24.6 Å². The molecular weight excluding hydrogens is 623 g/mol. The highest BCUT2D eigenvalue weighted by Crippen LogP contribution is 2.42. The zero-order valence-corrected chi connectivity index (χ0v) is 28.4. The summed E-state index contributed by atoms with van der Waals surface area (Å²) in [7, 11) is 0.858. The molecule has 3 rings (SSSR count). The van der Waals surface area contributed by atoms with Crippen molar-refractivity contribution in [3.8, 4) is 0 Å². The molecule has 8 atom stereocenters. The molecule has 0 unspecified atom stereocenters. The Hall–Kier alpha value is -3.73. The number of esters is 1. The molecule has 2 aliphatic rings. The Morgan fingerprint density at radius 1 is 1.19 bits per heavy atom. The van der Waals surface area contributed by atoms with Crippen LogP contribution in [0.15, 0.2) is 102 Å². The Balaban J connectivity index is 1.84. The smallest absolute Gasteiger partial charge is 0.430 e. The molecule has 1 aromatic rings. The van der Waals surface area contributed by atoms with Crippen LogP contribution in [0.2, 0.25) is 0 Å². The summed E-state index contributed by atoms with van der Waals surface area (Å²) in [4.78, 5) is 25.1. The average molecular weight is 672 g/mol. The van der Waals surface area contributed by atoms with Gasteiger partial charge in [0.05, 0.1) is 24.4 Å². The van der Waals surface area contributed by atoms with E-state index in [2.05, 4.69) is 18.3 Å². The zero-order chi connectivity index (χ0) is 35.5. The Kier molecular flexibility index (Phi) is 14.2. The van der Waals surface area contributed by atoms with Crippen LogP contribution in [-0.2, 0) is 29.4 Å². The molecule has 2 heterocycles. The van der Waals surface area contributed by atoms with E-state index in [-0.39, 0.29) is 35.9 Å². The first-order valence-corrected chi connectivity index (χ1v) is 16.2. The molecule has 1 fully saturated rings. The SMILES string of the molecule is C/C=C/[C@@H]1O[C@H]([C@@H](/C=C/C=C(\C)C[C@@H](C)/C=C(C)\C=C\[C@H]2CC=CC(=O)O2)NC(=O)[C@](OC)(c2ccccc2)C(F)(F)F)C[C@@H](O)[C@@H]1C. The fourth-order valence-corrected chi connectivity index (χ4v) is 6.03. The number of aliphatic hydroxyl groups excluding tert-OH is 1. The molecule has 10 heteroatoms. The van der Waals surface area contributed by atoms with Crippen molar-refractivity contribution in [1.29, 1.82) is 0 Å². The summed E-state index contributed by atoms with van der Waals surface area (Å²) in [6.07, 6.45) is 11.8. The highest BCUT2D eigenvalue weighted by molar-refractivity contribution is 5.88. The molecule has 48 heavy (non-hydrogen) atoms. The minimum Gasteiger partial charge on any atom is -0.455 e. The van der Waals surface area contributed by atoms with Crippen LogP contribution in [0.5, 0.6) is 0 Å². The first kappa shape index (κ1) is 38.7. The van der Waals surface area contributed by atoms with E-state index in [0.717, 1.165) is 18.3 Å². The van der Waals surface area contributed by atoms with Crippen LogP contribution in [-0.4, -0.2) is 60.7 Å². The molecule has 1 amide bonds. The molecule has 0 aromatic heterocycles. The van der Waals surface area contributed by atoms with Gasteiger partial charge in [0.2, 0.25) is 0 Å². The molecule has 2 aliphatic heterocycles. The zero-order valence-electron chi connectivity index (χ0n) is 28.4. The highest BCUT2D eigenvalue weighted by Gasteiger charge is 2.63. The van der Waals surface area contributed by atoms with E-state index in [4.69, 9.17) is 14.2 Å². The number of rotatable bonds is 13. The van der Waals surface area contributed by atoms with Crippen LogP contribution in [0.4, 0.5) is 13.2 Å². The first-order chi connectivity index (χ1) is 22.7. The second-order valence-electron chi connectivity index (χ2n) is 12.5. The lowest BCUT2D eigenvalue weighted by Crippen LogP contribution is -2.60. The minimum absolute atomic E-state index is 0.107. The van der Waals surface area contributed by atoms with E-state index in [1.807, 2.05) is 45.9 Å². The van der Waals surface area contributed by atoms with Gasteiger partial charge in [-0.2, -0.15) is 13.2 Å². The summed E-state index contributed by atoms with van der Waals surface area (Å²) in [6, 6.07) is 5.76. The van der Waals surface area contributed by atoms with Gasteiger partial charge in [0.15, 0.2) is 0 Å². The number of cyclic esters (lactones) is 1. The topological polar surface area (TPSA) is 94.1 Å². The van der Waals surface area contributed by atoms with Crippen molar-refractivity contribution in [1.82, 2.24) is 5.32 Å². The Labute approximate surface area is 281 Å². The van der Waals surface area contributed by atoms with Gasteiger partial charge in [-0.05, 0) is 39.2 Å². The Morgan fingerprint density at radius 3 is 2.52 bits per heavy atom. The van der Waals surface area contributed by atoms with Gasteiger partial charge >= 0.3 is 12.1 Å². The van der Waals surface area contributed by atoms with Crippen LogP contribution in [0.3, 0.4) is 0 Å². The summed E-state index contributed by atoms with van der Waals surface area (Å²) in [6.45, 7) is 9.63. The largest absolute Gasteiger partial charge is 0.455 e. The van der Waals surface area contributed by atoms with Gasteiger partial charge in [0.25, 0.3) is 11.5 Å². The van der Waals surface area contributed by atoms with E-state index in [1.54, 1.807) is 36.4 Å². The third-order valence-corrected chi connectivity index (χ3v) is 8.57. The summed E-state index contributed by atoms with van der Waals surface area (Å²) in [5.41, 5.74) is -1.61. The quantitative estimate of drug-likeness (QED) is 0.131. The molecule has 2 N–H and O–H groups in total. The van der Waals surface area contributed by atoms with Crippen molar-refractivity contribution in [2.75, 3.05) is 7.11 Å². The molecule has 0 saturated carbocycles. The van der Waals surface area contributed by atoms with Crippen LogP contribution in [0.25, 0.3) is 0 Å². The van der Waals surface area contributed by atoms with Crippen molar-refractivity contribution in [3.05, 3.63) is 108 Å². The number of carbonyl (C=O) groups excluding carboxylic acids is 2. The van der Waals surface area contributed by atoms with Crippen molar-refractivity contribution >= 4 is 11.9 Å². The lowest BCUT2D eigenvalue weighted by atomic mass is 9.86. The molecular formula is C38H48F3NO6. The van der Waals surface area contributed by atoms with Gasteiger partial charge in [0, 0.05) is 37.5 Å². The number of hydrogen-bond donors (Lipinski definition) is 2. The number of amides is 1. The number of ether oxygens (including phenoxy) is 3. The van der Waals surface area contributed by atoms with Crippen molar-refractivity contribution in [2.45, 2.75) is 96.1 Å². The number of carbonyl (C=O) groups is 2. The summed E-state index contributed by atoms with van der Waals surface area (Å²) < 4.78 is 60.6. The Bertz CT molecular complexity index is 1410. The van der Waals surface area contributed by atoms with Crippen molar-refractivity contribution in [3.63, 3.8) is 0 Å². The maximum absolute atomic E-state index is 14.7. The molecule has 0 bridgehead atoms. The molecule has 0 aliphatic carbocycles. The summed E-state index contributed by atoms with van der Waals surface area (Å²) >= 11 is 0. The van der Waals surface area contributed by atoms with Gasteiger partial charge in [0.1, 0.15) is 6.10 Å². The first-order valence-electron chi connectivity index (χ1n) is 16.2. The number of hydrogen-bond acceptors (Lipinski definition) is 6. The third-order valence-electron chi connectivity index (χ3n) is 8.57. The normalized spacial score (nSPS) is 26.9. The van der Waals surface area contributed by atoms with E-state index in [1.165, 1.54) is 30.3 Å². The second-order valence-corrected chi connectivity index (χ2v) is 12.5. The second kappa shape index (κ2) is 17.6. The average Bonchev–Trinajstić information content (AvgIpc) is 3.02. The molecule has 1 saturated heterocycles. The third kappa shape index (κ3) is 10.1. The standard InChI is InChI=1S/C38H48F3NO6/c1-7-13-33-28(5)32(43)24-34(48-33)31(42-36(45)37(46-6,38(39,40)41)29-15-9-8-10-16-29)18-11-14-25(2)22-27(4)23-26(3)20-21-30-17-12-19-35(44)47-30/h7-16,18-21,23,27-28,30-34,43H,17,22,24H2,1-6H3,(H,42,45)/b13-7+,18-11+,21-20+,25-14+,26-23-/t27-,28+,30-,31-,32-,33+,34+,37-/m1/s1. The fraction of sp³-hybridized carbons (Fsp3) is 0.474. The van der Waals surface area contributed by atoms with E-state index in [0.29, 0.717) is 12.8 Å². The lowest BCUT2D eigenvalue weighted by Gasteiger charge is -2.41.